The minimum Gasteiger partial charge on any atom is -0.478 e. The number of carbonyl (C=O) groups is 1. The summed E-state index contributed by atoms with van der Waals surface area (Å²) in [4.78, 5) is 11.2. The molecular formula is C13H6Cl4O3. The lowest BCUT2D eigenvalue weighted by Gasteiger charge is -2.10. The fraction of sp³-hybridized carbons (Fsp3) is 0. The fourth-order valence-electron chi connectivity index (χ4n) is 1.45. The Morgan fingerprint density at radius 3 is 2.10 bits per heavy atom. The molecule has 0 saturated heterocycles. The average molecular weight is 352 g/mol. The zero-order chi connectivity index (χ0) is 14.9. The van der Waals surface area contributed by atoms with Crippen molar-refractivity contribution in [1.29, 1.82) is 0 Å². The molecule has 0 atom stereocenters. The number of hydrogen-bond acceptors (Lipinski definition) is 2. The van der Waals surface area contributed by atoms with Crippen LogP contribution in [0.2, 0.25) is 20.1 Å². The highest BCUT2D eigenvalue weighted by Gasteiger charge is 2.16. The molecule has 0 aliphatic carbocycles. The Balaban J connectivity index is 2.44. The number of ether oxygens (including phenoxy) is 1. The van der Waals surface area contributed by atoms with Crippen molar-refractivity contribution in [3.63, 3.8) is 0 Å². The third-order valence-corrected chi connectivity index (χ3v) is 3.83. The minimum absolute atomic E-state index is 0.0605. The Kier molecular flexibility index (Phi) is 4.66. The van der Waals surface area contributed by atoms with E-state index in [1.165, 1.54) is 24.3 Å². The predicted octanol–water partition coefficient (Wildman–Crippen LogP) is 5.79. The van der Waals surface area contributed by atoms with Crippen LogP contribution in [0.25, 0.3) is 0 Å². The summed E-state index contributed by atoms with van der Waals surface area (Å²) in [5.74, 6) is -0.788. The Bertz CT molecular complexity index is 686. The predicted molar refractivity (Wildman–Crippen MR) is 80.0 cm³/mol. The molecule has 3 nitrogen and oxygen atoms in total. The van der Waals surface area contributed by atoms with E-state index in [9.17, 15) is 4.79 Å². The lowest BCUT2D eigenvalue weighted by molar-refractivity contribution is 0.0694. The van der Waals surface area contributed by atoms with E-state index in [2.05, 4.69) is 0 Å². The largest absolute Gasteiger partial charge is 0.478 e. The Hall–Kier alpha value is -1.13. The van der Waals surface area contributed by atoms with Gasteiger partial charge in [-0.05, 0) is 18.2 Å². The van der Waals surface area contributed by atoms with E-state index in [4.69, 9.17) is 56.2 Å². The fourth-order valence-corrected chi connectivity index (χ4v) is 2.05. The molecule has 20 heavy (non-hydrogen) atoms. The van der Waals surface area contributed by atoms with Crippen molar-refractivity contribution in [2.45, 2.75) is 0 Å². The van der Waals surface area contributed by atoms with Gasteiger partial charge in [0.1, 0.15) is 17.1 Å². The summed E-state index contributed by atoms with van der Waals surface area (Å²) >= 11 is 23.3. The number of halogens is 4. The monoisotopic (exact) mass is 350 g/mol. The molecule has 0 aliphatic heterocycles. The van der Waals surface area contributed by atoms with E-state index in [1.54, 1.807) is 6.07 Å². The summed E-state index contributed by atoms with van der Waals surface area (Å²) in [7, 11) is 0. The zero-order valence-corrected chi connectivity index (χ0v) is 12.7. The molecule has 2 rings (SSSR count). The van der Waals surface area contributed by atoms with Crippen molar-refractivity contribution < 1.29 is 14.6 Å². The molecule has 7 heteroatoms. The van der Waals surface area contributed by atoms with E-state index < -0.39 is 5.97 Å². The molecule has 0 fully saturated rings. The second kappa shape index (κ2) is 6.10. The molecule has 0 aliphatic rings. The van der Waals surface area contributed by atoms with Gasteiger partial charge in [-0.25, -0.2) is 4.79 Å². The van der Waals surface area contributed by atoms with Crippen LogP contribution in [0.4, 0.5) is 0 Å². The molecule has 0 heterocycles. The van der Waals surface area contributed by atoms with E-state index in [1.807, 2.05) is 0 Å². The molecule has 2 aromatic rings. The highest BCUT2D eigenvalue weighted by Crippen LogP contribution is 2.35. The summed E-state index contributed by atoms with van der Waals surface area (Å²) in [5.41, 5.74) is -0.106. The molecule has 0 amide bonds. The number of carboxylic acids is 1. The molecule has 0 radical (unpaired) electrons. The van der Waals surface area contributed by atoms with Gasteiger partial charge < -0.3 is 9.84 Å². The van der Waals surface area contributed by atoms with Gasteiger partial charge in [0.15, 0.2) is 0 Å². The van der Waals surface area contributed by atoms with Crippen LogP contribution in [0.5, 0.6) is 11.5 Å². The van der Waals surface area contributed by atoms with Gasteiger partial charge in [-0.2, -0.15) is 0 Å². The van der Waals surface area contributed by atoms with Crippen LogP contribution < -0.4 is 4.74 Å². The Labute approximate surface area is 134 Å². The summed E-state index contributed by atoms with van der Waals surface area (Å²) in [6.07, 6.45) is 0. The van der Waals surface area contributed by atoms with Crippen molar-refractivity contribution in [2.75, 3.05) is 0 Å². The van der Waals surface area contributed by atoms with Gasteiger partial charge in [-0.3, -0.25) is 0 Å². The van der Waals surface area contributed by atoms with E-state index in [-0.39, 0.29) is 21.4 Å². The number of carboxylic acid groups (broad SMARTS) is 1. The summed E-state index contributed by atoms with van der Waals surface area (Å²) in [5, 5.41) is 10.1. The molecule has 1 N–H and O–H groups in total. The third kappa shape index (κ3) is 3.30. The van der Waals surface area contributed by atoms with Crippen LogP contribution >= 0.6 is 46.4 Å². The lowest BCUT2D eigenvalue weighted by atomic mass is 10.2. The molecule has 0 unspecified atom stereocenters. The van der Waals surface area contributed by atoms with Gasteiger partial charge >= 0.3 is 5.97 Å². The quantitative estimate of drug-likeness (QED) is 0.761. The van der Waals surface area contributed by atoms with Crippen molar-refractivity contribution in [3.05, 3.63) is 56.0 Å². The second-order valence-electron chi connectivity index (χ2n) is 3.75. The van der Waals surface area contributed by atoms with Gasteiger partial charge in [0, 0.05) is 12.1 Å². The maximum Gasteiger partial charge on any atom is 0.339 e. The minimum atomic E-state index is -1.18. The van der Waals surface area contributed by atoms with Gasteiger partial charge in [0.2, 0.25) is 0 Å². The molecule has 104 valence electrons. The van der Waals surface area contributed by atoms with Crippen molar-refractivity contribution in [1.82, 2.24) is 0 Å². The van der Waals surface area contributed by atoms with Crippen LogP contribution in [0.15, 0.2) is 30.3 Å². The first-order chi connectivity index (χ1) is 9.38. The van der Waals surface area contributed by atoms with E-state index >= 15 is 0 Å². The zero-order valence-electron chi connectivity index (χ0n) is 9.66. The lowest BCUT2D eigenvalue weighted by Crippen LogP contribution is -2.00. The second-order valence-corrected chi connectivity index (χ2v) is 5.37. The smallest absolute Gasteiger partial charge is 0.339 e. The summed E-state index contributed by atoms with van der Waals surface area (Å²) < 4.78 is 5.48. The van der Waals surface area contributed by atoms with Crippen LogP contribution in [0, 0.1) is 0 Å². The van der Waals surface area contributed by atoms with Crippen molar-refractivity contribution >= 4 is 52.4 Å². The van der Waals surface area contributed by atoms with Crippen LogP contribution in [-0.4, -0.2) is 11.1 Å². The van der Waals surface area contributed by atoms with Crippen LogP contribution in [0.1, 0.15) is 10.4 Å². The number of aromatic carboxylic acids is 1. The third-order valence-electron chi connectivity index (χ3n) is 2.37. The van der Waals surface area contributed by atoms with Crippen LogP contribution in [-0.2, 0) is 0 Å². The first-order valence-corrected chi connectivity index (χ1v) is 6.75. The van der Waals surface area contributed by atoms with Crippen molar-refractivity contribution in [2.24, 2.45) is 0 Å². The van der Waals surface area contributed by atoms with Gasteiger partial charge in [-0.1, -0.05) is 46.4 Å². The molecule has 0 saturated carbocycles. The topological polar surface area (TPSA) is 46.5 Å². The SMILES string of the molecule is O=C(O)c1cc(Cl)c(Cl)cc1Oc1ccc(Cl)c(Cl)c1. The normalized spacial score (nSPS) is 10.4. The highest BCUT2D eigenvalue weighted by molar-refractivity contribution is 6.42. The molecule has 0 spiro atoms. The molecular weight excluding hydrogens is 346 g/mol. The summed E-state index contributed by atoms with van der Waals surface area (Å²) in [6.45, 7) is 0. The van der Waals surface area contributed by atoms with Gasteiger partial charge in [0.25, 0.3) is 0 Å². The first-order valence-electron chi connectivity index (χ1n) is 5.23. The standard InChI is InChI=1S/C13H6Cl4O3/c14-8-2-1-6(3-9(8)15)20-12-5-11(17)10(16)4-7(12)13(18)19/h1-5H,(H,18,19). The highest BCUT2D eigenvalue weighted by atomic mass is 35.5. The average Bonchev–Trinajstić information content (AvgIpc) is 2.37. The Morgan fingerprint density at radius 2 is 1.50 bits per heavy atom. The Morgan fingerprint density at radius 1 is 0.900 bits per heavy atom. The van der Waals surface area contributed by atoms with Gasteiger partial charge in [0.05, 0.1) is 20.1 Å². The number of hydrogen-bond donors (Lipinski definition) is 1. The van der Waals surface area contributed by atoms with Crippen molar-refractivity contribution in [3.8, 4) is 11.5 Å². The summed E-state index contributed by atoms with van der Waals surface area (Å²) in [6, 6.07) is 7.12. The number of rotatable bonds is 3. The molecule has 2 aromatic carbocycles. The maximum absolute atomic E-state index is 11.2. The first kappa shape index (κ1) is 15.3. The van der Waals surface area contributed by atoms with Gasteiger partial charge in [-0.15, -0.1) is 0 Å². The number of benzene rings is 2. The maximum atomic E-state index is 11.2. The molecule has 0 aromatic heterocycles. The molecule has 0 bridgehead atoms. The van der Waals surface area contributed by atoms with E-state index in [0.717, 1.165) is 0 Å². The van der Waals surface area contributed by atoms with Crippen LogP contribution in [0.3, 0.4) is 0 Å². The van der Waals surface area contributed by atoms with E-state index in [0.29, 0.717) is 15.8 Å².